The third-order valence-electron chi connectivity index (χ3n) is 3.49. The van der Waals surface area contributed by atoms with E-state index >= 15 is 0 Å². The summed E-state index contributed by atoms with van der Waals surface area (Å²) in [6, 6.07) is 6.80. The van der Waals surface area contributed by atoms with E-state index in [9.17, 15) is 17.6 Å². The number of rotatable bonds is 5. The molecule has 1 aromatic carbocycles. The lowest BCUT2D eigenvalue weighted by molar-refractivity contribution is 0.0931. The number of hydrogen-bond acceptors (Lipinski definition) is 3. The van der Waals surface area contributed by atoms with Crippen molar-refractivity contribution in [2.45, 2.75) is 17.9 Å². The number of benzene rings is 1. The second-order valence-electron chi connectivity index (χ2n) is 5.13. The van der Waals surface area contributed by atoms with Crippen LogP contribution in [0.5, 0.6) is 0 Å². The van der Waals surface area contributed by atoms with Crippen molar-refractivity contribution in [3.8, 4) is 0 Å². The lowest BCUT2D eigenvalue weighted by Gasteiger charge is -2.14. The van der Waals surface area contributed by atoms with E-state index in [1.165, 1.54) is 36.0 Å². The zero-order valence-electron chi connectivity index (χ0n) is 13.0. The molecular weight excluding hydrogens is 321 g/mol. The molecule has 2 N–H and O–H groups in total. The summed E-state index contributed by atoms with van der Waals surface area (Å²) in [5.41, 5.74) is 0.817. The number of halogens is 1. The van der Waals surface area contributed by atoms with E-state index in [1.807, 2.05) is 0 Å². The quantitative estimate of drug-likeness (QED) is 0.868. The Hall–Kier alpha value is -2.19. The fraction of sp³-hybridized carbons (Fsp3) is 0.267. The largest absolute Gasteiger partial charge is 0.345 e. The minimum atomic E-state index is -3.62. The lowest BCUT2D eigenvalue weighted by atomic mass is 10.1. The zero-order valence-corrected chi connectivity index (χ0v) is 13.8. The first-order chi connectivity index (χ1) is 10.7. The molecule has 0 aliphatic heterocycles. The zero-order chi connectivity index (χ0) is 17.2. The van der Waals surface area contributed by atoms with Gasteiger partial charge < -0.3 is 9.88 Å². The molecule has 1 unspecified atom stereocenters. The van der Waals surface area contributed by atoms with Crippen LogP contribution in [0.15, 0.2) is 41.4 Å². The first kappa shape index (κ1) is 17.2. The van der Waals surface area contributed by atoms with E-state index in [4.69, 9.17) is 0 Å². The van der Waals surface area contributed by atoms with Crippen LogP contribution in [0.25, 0.3) is 0 Å². The Morgan fingerprint density at radius 3 is 2.61 bits per heavy atom. The second-order valence-corrected chi connectivity index (χ2v) is 7.02. The number of nitrogens with zero attached hydrogens (tertiary/aromatic N) is 1. The highest BCUT2D eigenvalue weighted by Crippen LogP contribution is 2.17. The molecule has 124 valence electrons. The number of amides is 1. The summed E-state index contributed by atoms with van der Waals surface area (Å²) in [7, 11) is -0.741. The van der Waals surface area contributed by atoms with Crippen LogP contribution in [0.1, 0.15) is 29.0 Å². The van der Waals surface area contributed by atoms with Crippen molar-refractivity contribution in [3.05, 3.63) is 53.6 Å². The summed E-state index contributed by atoms with van der Waals surface area (Å²) < 4.78 is 40.4. The Morgan fingerprint density at radius 1 is 1.30 bits per heavy atom. The number of aryl methyl sites for hydroxylation is 1. The molecule has 6 nitrogen and oxygen atoms in total. The average Bonchev–Trinajstić information content (AvgIpc) is 2.90. The minimum Gasteiger partial charge on any atom is -0.345 e. The van der Waals surface area contributed by atoms with Gasteiger partial charge in [-0.1, -0.05) is 12.1 Å². The molecule has 0 saturated heterocycles. The van der Waals surface area contributed by atoms with Crippen LogP contribution in [0.2, 0.25) is 0 Å². The van der Waals surface area contributed by atoms with Crippen molar-refractivity contribution in [1.29, 1.82) is 0 Å². The molecule has 1 heterocycles. The molecule has 0 aliphatic rings. The molecule has 0 radical (unpaired) electrons. The van der Waals surface area contributed by atoms with Gasteiger partial charge in [-0.05, 0) is 37.7 Å². The molecule has 1 atom stereocenters. The Balaban J connectivity index is 2.21. The van der Waals surface area contributed by atoms with Crippen molar-refractivity contribution in [3.63, 3.8) is 0 Å². The highest BCUT2D eigenvalue weighted by Gasteiger charge is 2.20. The predicted molar refractivity (Wildman–Crippen MR) is 83.9 cm³/mol. The molecule has 0 fully saturated rings. The standard InChI is InChI=1S/C15H18FN3O3S/c1-10(11-5-4-6-12(16)7-11)18-15(20)14-8-13(9-19(14)3)23(21,22)17-2/h4-10,17H,1-3H3,(H,18,20). The molecule has 0 aliphatic carbocycles. The first-order valence-electron chi connectivity index (χ1n) is 6.91. The van der Waals surface area contributed by atoms with Crippen LogP contribution in [0.4, 0.5) is 4.39 Å². The van der Waals surface area contributed by atoms with E-state index in [0.29, 0.717) is 5.56 Å². The van der Waals surface area contributed by atoms with Crippen LogP contribution >= 0.6 is 0 Å². The Kier molecular flexibility index (Phi) is 4.86. The van der Waals surface area contributed by atoms with Gasteiger partial charge in [0.1, 0.15) is 16.4 Å². The summed E-state index contributed by atoms with van der Waals surface area (Å²) in [5, 5.41) is 2.72. The molecular formula is C15H18FN3O3S. The minimum absolute atomic E-state index is 0.00561. The molecule has 0 bridgehead atoms. The van der Waals surface area contributed by atoms with Gasteiger partial charge in [0, 0.05) is 13.2 Å². The van der Waals surface area contributed by atoms with Gasteiger partial charge in [0.05, 0.1) is 6.04 Å². The lowest BCUT2D eigenvalue weighted by Crippen LogP contribution is -2.28. The van der Waals surface area contributed by atoms with Gasteiger partial charge in [-0.25, -0.2) is 17.5 Å². The summed E-state index contributed by atoms with van der Waals surface area (Å²) in [4.78, 5) is 12.3. The van der Waals surface area contributed by atoms with Crippen LogP contribution in [0.3, 0.4) is 0 Å². The normalized spacial score (nSPS) is 12.9. The number of aromatic nitrogens is 1. The smallest absolute Gasteiger partial charge is 0.268 e. The van der Waals surface area contributed by atoms with Gasteiger partial charge >= 0.3 is 0 Å². The molecule has 2 rings (SSSR count). The topological polar surface area (TPSA) is 80.2 Å². The van der Waals surface area contributed by atoms with Crippen molar-refractivity contribution in [1.82, 2.24) is 14.6 Å². The summed E-state index contributed by atoms with van der Waals surface area (Å²) in [6.45, 7) is 1.72. The third-order valence-corrected chi connectivity index (χ3v) is 4.87. The SMILES string of the molecule is CNS(=O)(=O)c1cc(C(=O)NC(C)c2cccc(F)c2)n(C)c1. The summed E-state index contributed by atoms with van der Waals surface area (Å²) >= 11 is 0. The molecule has 8 heteroatoms. The van der Waals surface area contributed by atoms with E-state index in [2.05, 4.69) is 10.0 Å². The third kappa shape index (κ3) is 3.77. The van der Waals surface area contributed by atoms with Crippen LogP contribution in [0, 0.1) is 5.82 Å². The molecule has 1 aromatic heterocycles. The maximum Gasteiger partial charge on any atom is 0.268 e. The van der Waals surface area contributed by atoms with E-state index in [1.54, 1.807) is 26.1 Å². The first-order valence-corrected chi connectivity index (χ1v) is 8.39. The number of carbonyl (C=O) groups excluding carboxylic acids is 1. The number of sulfonamides is 1. The maximum absolute atomic E-state index is 13.2. The van der Waals surface area contributed by atoms with Crippen molar-refractivity contribution in [2.24, 2.45) is 7.05 Å². The van der Waals surface area contributed by atoms with Gasteiger partial charge in [0.25, 0.3) is 5.91 Å². The average molecular weight is 339 g/mol. The summed E-state index contributed by atoms with van der Waals surface area (Å²) in [5.74, 6) is -0.827. The fourth-order valence-electron chi connectivity index (χ4n) is 2.15. The number of carbonyl (C=O) groups is 1. The molecule has 1 amide bonds. The van der Waals surface area contributed by atoms with E-state index in [-0.39, 0.29) is 16.4 Å². The molecule has 0 spiro atoms. The summed E-state index contributed by atoms with van der Waals surface area (Å²) in [6.07, 6.45) is 1.35. The Labute approximate surface area is 134 Å². The van der Waals surface area contributed by atoms with Gasteiger partial charge in [-0.15, -0.1) is 0 Å². The van der Waals surface area contributed by atoms with Crippen LogP contribution < -0.4 is 10.0 Å². The van der Waals surface area contributed by atoms with Crippen molar-refractivity contribution in [2.75, 3.05) is 7.05 Å². The highest BCUT2D eigenvalue weighted by molar-refractivity contribution is 7.89. The van der Waals surface area contributed by atoms with Crippen molar-refractivity contribution >= 4 is 15.9 Å². The maximum atomic E-state index is 13.2. The van der Waals surface area contributed by atoms with Gasteiger partial charge in [-0.2, -0.15) is 0 Å². The molecule has 23 heavy (non-hydrogen) atoms. The second kappa shape index (κ2) is 6.51. The molecule has 0 saturated carbocycles. The van der Waals surface area contributed by atoms with Crippen LogP contribution in [-0.2, 0) is 17.1 Å². The van der Waals surface area contributed by atoms with E-state index < -0.39 is 22.0 Å². The number of nitrogens with one attached hydrogen (secondary N) is 2. The van der Waals surface area contributed by atoms with Crippen molar-refractivity contribution < 1.29 is 17.6 Å². The number of hydrogen-bond donors (Lipinski definition) is 2. The highest BCUT2D eigenvalue weighted by atomic mass is 32.2. The van der Waals surface area contributed by atoms with Gasteiger partial charge in [-0.3, -0.25) is 4.79 Å². The molecule has 2 aromatic rings. The Bertz CT molecular complexity index is 830. The Morgan fingerprint density at radius 2 is 2.00 bits per heavy atom. The van der Waals surface area contributed by atoms with Gasteiger partial charge in [0.2, 0.25) is 10.0 Å². The fourth-order valence-corrected chi connectivity index (χ4v) is 2.95. The van der Waals surface area contributed by atoms with Gasteiger partial charge in [0.15, 0.2) is 0 Å². The predicted octanol–water partition coefficient (Wildman–Crippen LogP) is 1.56. The monoisotopic (exact) mass is 339 g/mol. The van der Waals surface area contributed by atoms with E-state index in [0.717, 1.165) is 0 Å². The van der Waals surface area contributed by atoms with Crippen LogP contribution in [-0.4, -0.2) is 25.9 Å².